The average molecular weight is 1430 g/mol. The normalized spacial score (nSPS) is 18.1. The van der Waals surface area contributed by atoms with Gasteiger partial charge in [-0.1, -0.05) is 185 Å². The zero-order valence-electron chi connectivity index (χ0n) is 53.9. The van der Waals surface area contributed by atoms with Crippen molar-refractivity contribution in [2.24, 2.45) is 0 Å². The van der Waals surface area contributed by atoms with Crippen molar-refractivity contribution in [2.75, 3.05) is 44.3 Å². The lowest BCUT2D eigenvalue weighted by Crippen LogP contribution is -2.12. The van der Waals surface area contributed by atoms with Crippen LogP contribution in [0.25, 0.3) is 90.9 Å². The number of nitrogens with zero attached hydrogens (tertiary/aromatic N) is 2. The third-order valence-electron chi connectivity index (χ3n) is 18.3. The molecule has 4 unspecified atom stereocenters. The predicted molar refractivity (Wildman–Crippen MR) is 423 cm³/mol. The molecule has 20 heteroatoms. The Morgan fingerprint density at radius 2 is 0.573 bits per heavy atom. The first-order valence-electron chi connectivity index (χ1n) is 34.1. The van der Waals surface area contributed by atoms with Crippen molar-refractivity contribution in [2.45, 2.75) is 149 Å². The molecule has 6 aliphatic heterocycles. The molecule has 8 bridgehead atoms. The number of carbonyl (C=O) groups is 4. The number of hydrogen-bond acceptors (Lipinski definition) is 14. The van der Waals surface area contributed by atoms with Crippen LogP contribution >= 0.6 is 86.4 Å². The van der Waals surface area contributed by atoms with E-state index >= 15 is 0 Å². The van der Waals surface area contributed by atoms with Crippen LogP contribution in [0.15, 0.2) is 121 Å². The summed E-state index contributed by atoms with van der Waals surface area (Å²) in [5.41, 5.74) is 14.5. The van der Waals surface area contributed by atoms with Crippen LogP contribution in [0.1, 0.15) is 151 Å². The number of unbranched alkanes of at least 4 members (excludes halogenated alkanes) is 4. The Labute approximate surface area is 595 Å². The minimum Gasteiger partial charge on any atom is -0.354 e. The number of rotatable bonds is 28. The first-order chi connectivity index (χ1) is 47.2. The van der Waals surface area contributed by atoms with E-state index in [4.69, 9.17) is 9.97 Å². The minimum absolute atomic E-state index is 0.0410. The van der Waals surface area contributed by atoms with Crippen molar-refractivity contribution in [1.82, 2.24) is 19.9 Å². The molecule has 13 rings (SSSR count). The highest BCUT2D eigenvalue weighted by molar-refractivity contribution is 8.78. The molecule has 12 nitrogen and oxygen atoms in total. The molecule has 3 aromatic heterocycles. The Morgan fingerprint density at radius 3 is 0.802 bits per heavy atom. The number of nitrogens with one attached hydrogen (secondary N) is 6. The van der Waals surface area contributed by atoms with Crippen LogP contribution in [0.3, 0.4) is 0 Å². The van der Waals surface area contributed by atoms with Crippen LogP contribution in [0.4, 0.5) is 22.7 Å². The summed E-state index contributed by atoms with van der Waals surface area (Å²) in [6.45, 7) is 0. The van der Waals surface area contributed by atoms with E-state index < -0.39 is 0 Å². The number of benzene rings is 4. The molecule has 498 valence electrons. The molecule has 0 saturated carbocycles. The van der Waals surface area contributed by atoms with Crippen LogP contribution in [0, 0.1) is 0 Å². The SMILES string of the molecule is O=C(CCCCC1CCSS1)Nc1ccccc1-c1c2nc(c(-c3ccccc3NC(=O)CCCCC3CCSS3)c3ccc([nH]3)c(-c3ccccc3NC(=O)CCCCC3CCSS3)c3nc(c(-c4ccccc4NC(=O)CCCCC4CCSS4)c4ccc1[nH]4)C=C3)C=C2. The monoisotopic (exact) mass is 1430 g/mol. The van der Waals surface area contributed by atoms with Crippen molar-refractivity contribution >= 4 is 179 Å². The molecular weight excluding hydrogens is 1350 g/mol. The number of hydrogen-bond donors (Lipinski definition) is 6. The van der Waals surface area contributed by atoms with E-state index in [1.54, 1.807) is 0 Å². The van der Waals surface area contributed by atoms with Crippen LogP contribution < -0.4 is 21.3 Å². The van der Waals surface area contributed by atoms with Gasteiger partial charge in [-0.2, -0.15) is 0 Å². The Hall–Kier alpha value is -5.84. The molecule has 7 aromatic rings. The molecule has 0 radical (unpaired) electrons. The molecule has 9 heterocycles. The molecule has 6 aliphatic rings. The number of amides is 4. The van der Waals surface area contributed by atoms with E-state index in [9.17, 15) is 19.2 Å². The standard InChI is InChI=1S/C76H82N8O4S8/c85-69(29-13-1-17-49-41-45-89-93-49)81-57-25-9-5-21-53(57)73-61-33-35-63(77-61)74(54-22-6-10-26-58(54)82-70(86)30-14-2-18-50-42-46-90-94-50)65-37-39-67(79-65)76(56-24-8-12-28-60(56)84-72(88)32-16-4-20-52-44-48-92-96-52)68-40-38-66(80-68)75(64-36-34-62(73)78-64)55-23-7-11-27-59(55)83-71(87)31-15-3-19-51-43-47-91-95-51/h5-12,21-28,33-40,49-52,77,80H,1-4,13-20,29-32,41-48H2,(H,81,85)(H,82,86)(H,83,87)(H,84,88). The summed E-state index contributed by atoms with van der Waals surface area (Å²) in [5, 5.41) is 16.0. The summed E-state index contributed by atoms with van der Waals surface area (Å²) in [7, 11) is 15.7. The summed E-state index contributed by atoms with van der Waals surface area (Å²) >= 11 is 0. The van der Waals surface area contributed by atoms with Gasteiger partial charge in [0.1, 0.15) is 0 Å². The lowest BCUT2D eigenvalue weighted by molar-refractivity contribution is -0.117. The summed E-state index contributed by atoms with van der Waals surface area (Å²) in [4.78, 5) is 75.7. The summed E-state index contributed by atoms with van der Waals surface area (Å²) in [5.74, 6) is 4.60. The smallest absolute Gasteiger partial charge is 0.224 e. The number of carbonyl (C=O) groups excluding carboxylic acids is 4. The second kappa shape index (κ2) is 34.3. The molecule has 4 saturated heterocycles. The number of aromatic amines is 2. The number of H-pyrrole nitrogens is 2. The van der Waals surface area contributed by atoms with Gasteiger partial charge in [-0.25, -0.2) is 9.97 Å². The van der Waals surface area contributed by atoms with Crippen molar-refractivity contribution in [3.63, 3.8) is 0 Å². The second-order valence-corrected chi connectivity index (χ2v) is 36.3. The largest absolute Gasteiger partial charge is 0.354 e. The molecule has 4 atom stereocenters. The van der Waals surface area contributed by atoms with E-state index in [0.717, 1.165) is 144 Å². The Balaban J connectivity index is 0.971. The number of fused-ring (bicyclic) bond motifs is 8. The van der Waals surface area contributed by atoms with Gasteiger partial charge in [0.15, 0.2) is 0 Å². The van der Waals surface area contributed by atoms with Gasteiger partial charge in [0.05, 0.1) is 22.8 Å². The Morgan fingerprint density at radius 1 is 0.333 bits per heavy atom. The quantitative estimate of drug-likeness (QED) is 0.0202. The highest BCUT2D eigenvalue weighted by Gasteiger charge is 2.26. The molecule has 0 aliphatic carbocycles. The van der Waals surface area contributed by atoms with Gasteiger partial charge in [0, 0.05) is 159 Å². The van der Waals surface area contributed by atoms with Gasteiger partial charge >= 0.3 is 0 Å². The fourth-order valence-electron chi connectivity index (χ4n) is 13.3. The fourth-order valence-corrected chi connectivity index (χ4v) is 25.4. The van der Waals surface area contributed by atoms with Crippen LogP contribution in [-0.4, -0.2) is 87.6 Å². The van der Waals surface area contributed by atoms with Gasteiger partial charge in [0.25, 0.3) is 0 Å². The van der Waals surface area contributed by atoms with Crippen LogP contribution in [0.2, 0.25) is 0 Å². The van der Waals surface area contributed by atoms with E-state index in [-0.39, 0.29) is 23.6 Å². The average Bonchev–Trinajstić information content (AvgIpc) is 1.59. The Kier molecular flexibility index (Phi) is 24.5. The molecule has 6 N–H and O–H groups in total. The van der Waals surface area contributed by atoms with Gasteiger partial charge < -0.3 is 31.2 Å². The maximum absolute atomic E-state index is 14.1. The number of anilines is 4. The van der Waals surface area contributed by atoms with E-state index in [0.29, 0.717) is 92.2 Å². The van der Waals surface area contributed by atoms with Crippen LogP contribution in [0.5, 0.6) is 0 Å². The summed E-state index contributed by atoms with van der Waals surface area (Å²) < 4.78 is 0. The third kappa shape index (κ3) is 17.8. The van der Waals surface area contributed by atoms with Gasteiger partial charge in [-0.15, -0.1) is 0 Å². The Bertz CT molecular complexity index is 3650. The topological polar surface area (TPSA) is 174 Å². The summed E-state index contributed by atoms with van der Waals surface area (Å²) in [6.07, 6.45) is 26.4. The number of para-hydroxylation sites is 4. The van der Waals surface area contributed by atoms with E-state index in [1.807, 2.05) is 208 Å². The molecule has 4 amide bonds. The zero-order chi connectivity index (χ0) is 65.4. The van der Waals surface area contributed by atoms with E-state index in [1.165, 1.54) is 48.7 Å². The van der Waals surface area contributed by atoms with Gasteiger partial charge in [-0.05, 0) is 150 Å². The molecule has 0 spiro atoms. The molecule has 96 heavy (non-hydrogen) atoms. The van der Waals surface area contributed by atoms with Crippen molar-refractivity contribution in [3.05, 3.63) is 144 Å². The minimum atomic E-state index is -0.0410. The maximum atomic E-state index is 14.1. The molecular formula is C76H82N8O4S8. The highest BCUT2D eigenvalue weighted by Crippen LogP contribution is 2.46. The van der Waals surface area contributed by atoms with Crippen molar-refractivity contribution < 1.29 is 19.2 Å². The summed E-state index contributed by atoms with van der Waals surface area (Å²) in [6, 6.07) is 40.2. The van der Waals surface area contributed by atoms with Gasteiger partial charge in [0.2, 0.25) is 23.6 Å². The number of aromatic nitrogens is 4. The fraction of sp³-hybridized carbons (Fsp3) is 0.368. The lowest BCUT2D eigenvalue weighted by atomic mass is 10.0. The third-order valence-corrected chi connectivity index (χ3v) is 30.3. The molecule has 4 aromatic carbocycles. The van der Waals surface area contributed by atoms with E-state index in [2.05, 4.69) is 55.5 Å². The van der Waals surface area contributed by atoms with Crippen molar-refractivity contribution in [3.8, 4) is 44.5 Å². The zero-order valence-corrected chi connectivity index (χ0v) is 60.5. The predicted octanol–water partition coefficient (Wildman–Crippen LogP) is 21.9. The van der Waals surface area contributed by atoms with Crippen LogP contribution in [-0.2, 0) is 19.2 Å². The lowest BCUT2D eigenvalue weighted by Gasteiger charge is -2.14. The first kappa shape index (κ1) is 68.7. The maximum Gasteiger partial charge on any atom is 0.224 e. The van der Waals surface area contributed by atoms with Gasteiger partial charge in [-0.3, -0.25) is 19.2 Å². The first-order valence-corrected chi connectivity index (χ1v) is 43.6. The highest BCUT2D eigenvalue weighted by atomic mass is 33.1. The second-order valence-electron chi connectivity index (χ2n) is 25.2. The molecule has 4 fully saturated rings. The van der Waals surface area contributed by atoms with Crippen molar-refractivity contribution in [1.29, 1.82) is 0 Å².